The Labute approximate surface area is 200 Å². The van der Waals surface area contributed by atoms with Crippen LogP contribution in [0.2, 0.25) is 0 Å². The lowest BCUT2D eigenvalue weighted by molar-refractivity contribution is -0.115. The van der Waals surface area contributed by atoms with Gasteiger partial charge in [0.2, 0.25) is 6.29 Å². The molecule has 3 atom stereocenters. The van der Waals surface area contributed by atoms with Crippen molar-refractivity contribution in [2.24, 2.45) is 5.92 Å². The van der Waals surface area contributed by atoms with Crippen molar-refractivity contribution in [3.8, 4) is 16.9 Å². The fraction of sp³-hybridized carbons (Fsp3) is 0.419. The van der Waals surface area contributed by atoms with Gasteiger partial charge in [0.25, 0.3) is 0 Å². The van der Waals surface area contributed by atoms with Crippen LogP contribution in [0.15, 0.2) is 72.8 Å². The van der Waals surface area contributed by atoms with Gasteiger partial charge in [-0.15, -0.1) is 0 Å². The number of hydrogen-bond acceptors (Lipinski definition) is 2. The predicted octanol–water partition coefficient (Wildman–Crippen LogP) is 8.56. The second-order valence-corrected chi connectivity index (χ2v) is 9.54. The predicted molar refractivity (Wildman–Crippen MR) is 138 cm³/mol. The molecule has 33 heavy (non-hydrogen) atoms. The molecule has 174 valence electrons. The third kappa shape index (κ3) is 5.33. The first-order valence-corrected chi connectivity index (χ1v) is 12.7. The van der Waals surface area contributed by atoms with Crippen LogP contribution in [0.5, 0.6) is 5.75 Å². The molecule has 1 aliphatic rings. The van der Waals surface area contributed by atoms with Gasteiger partial charge in [-0.3, -0.25) is 0 Å². The van der Waals surface area contributed by atoms with Crippen LogP contribution in [-0.4, -0.2) is 12.9 Å². The molecule has 0 fully saturated rings. The van der Waals surface area contributed by atoms with Gasteiger partial charge in [-0.1, -0.05) is 101 Å². The summed E-state index contributed by atoms with van der Waals surface area (Å²) in [4.78, 5) is 0. The Kier molecular flexibility index (Phi) is 7.88. The molecule has 3 unspecified atom stereocenters. The first kappa shape index (κ1) is 23.6. The van der Waals surface area contributed by atoms with E-state index in [0.29, 0.717) is 18.4 Å². The highest BCUT2D eigenvalue weighted by atomic mass is 16.7. The van der Waals surface area contributed by atoms with E-state index in [1.54, 1.807) is 0 Å². The molecule has 3 aromatic rings. The summed E-state index contributed by atoms with van der Waals surface area (Å²) in [6, 6.07) is 26.1. The maximum Gasteiger partial charge on any atom is 0.202 e. The van der Waals surface area contributed by atoms with E-state index in [4.69, 9.17) is 9.47 Å². The van der Waals surface area contributed by atoms with Crippen molar-refractivity contribution in [3.05, 3.63) is 89.5 Å². The molecule has 0 heterocycles. The van der Waals surface area contributed by atoms with Gasteiger partial charge in [0.05, 0.1) is 6.61 Å². The Bertz CT molecular complexity index is 978. The molecule has 1 aliphatic carbocycles. The van der Waals surface area contributed by atoms with E-state index in [1.807, 2.05) is 0 Å². The average Bonchev–Trinajstić information content (AvgIpc) is 3.18. The Morgan fingerprint density at radius 3 is 1.97 bits per heavy atom. The van der Waals surface area contributed by atoms with Gasteiger partial charge >= 0.3 is 0 Å². The molecule has 0 saturated heterocycles. The molecule has 4 rings (SSSR count). The van der Waals surface area contributed by atoms with Crippen LogP contribution in [0, 0.1) is 5.92 Å². The Balaban J connectivity index is 1.51. The number of ether oxygens (including phenoxy) is 2. The Morgan fingerprint density at radius 1 is 0.788 bits per heavy atom. The number of benzene rings is 3. The molecule has 0 radical (unpaired) electrons. The lowest BCUT2D eigenvalue weighted by Crippen LogP contribution is -2.30. The summed E-state index contributed by atoms with van der Waals surface area (Å²) in [6.07, 6.45) is 4.36. The first-order chi connectivity index (χ1) is 16.1. The molecule has 0 N–H and O–H groups in total. The smallest absolute Gasteiger partial charge is 0.202 e. The minimum atomic E-state index is -0.258. The maximum absolute atomic E-state index is 6.58. The van der Waals surface area contributed by atoms with Crippen LogP contribution in [0.25, 0.3) is 11.1 Å². The second kappa shape index (κ2) is 11.0. The van der Waals surface area contributed by atoms with Gasteiger partial charge in [-0.2, -0.15) is 0 Å². The minimum absolute atomic E-state index is 0.245. The number of fused-ring (bicyclic) bond motifs is 3. The van der Waals surface area contributed by atoms with Crippen molar-refractivity contribution in [2.75, 3.05) is 6.61 Å². The third-order valence-electron chi connectivity index (χ3n) is 7.18. The fourth-order valence-corrected chi connectivity index (χ4v) is 4.85. The molecule has 0 saturated carbocycles. The van der Waals surface area contributed by atoms with Gasteiger partial charge in [0.15, 0.2) is 0 Å². The molecule has 0 aliphatic heterocycles. The van der Waals surface area contributed by atoms with E-state index in [2.05, 4.69) is 100 Å². The molecular formula is C31H38O2. The van der Waals surface area contributed by atoms with E-state index in [1.165, 1.54) is 40.7 Å². The van der Waals surface area contributed by atoms with Gasteiger partial charge in [0.1, 0.15) is 5.75 Å². The van der Waals surface area contributed by atoms with E-state index in [-0.39, 0.29) is 12.2 Å². The van der Waals surface area contributed by atoms with E-state index in [0.717, 1.165) is 18.6 Å². The molecule has 3 aromatic carbocycles. The highest BCUT2D eigenvalue weighted by Crippen LogP contribution is 2.44. The SMILES string of the molecule is CCCCC(C)C(OCC1c2ccccc2-c2ccccc21)Oc1ccc(C(C)CC)cc1. The van der Waals surface area contributed by atoms with Gasteiger partial charge in [-0.25, -0.2) is 0 Å². The van der Waals surface area contributed by atoms with Gasteiger partial charge in [-0.05, 0) is 58.7 Å². The van der Waals surface area contributed by atoms with Gasteiger partial charge < -0.3 is 9.47 Å². The quantitative estimate of drug-likeness (QED) is 0.277. The molecule has 2 heteroatoms. The zero-order valence-electron chi connectivity index (χ0n) is 20.6. The third-order valence-corrected chi connectivity index (χ3v) is 7.18. The Hall–Kier alpha value is -2.58. The summed E-state index contributed by atoms with van der Waals surface area (Å²) < 4.78 is 13.0. The van der Waals surface area contributed by atoms with Crippen LogP contribution in [0.4, 0.5) is 0 Å². The van der Waals surface area contributed by atoms with Crippen LogP contribution < -0.4 is 4.74 Å². The lowest BCUT2D eigenvalue weighted by Gasteiger charge is -2.27. The largest absolute Gasteiger partial charge is 0.465 e. The molecule has 2 nitrogen and oxygen atoms in total. The monoisotopic (exact) mass is 442 g/mol. The van der Waals surface area contributed by atoms with Crippen LogP contribution >= 0.6 is 0 Å². The first-order valence-electron chi connectivity index (χ1n) is 12.7. The standard InChI is InChI=1S/C31H38O2/c1-5-7-12-23(4)31(33-25-19-17-24(18-20-25)22(3)6-2)32-21-30-28-15-10-8-13-26(28)27-14-9-11-16-29(27)30/h8-11,13-20,22-23,30-31H,5-7,12,21H2,1-4H3. The number of rotatable bonds is 11. The topological polar surface area (TPSA) is 18.5 Å². The van der Waals surface area contributed by atoms with Crippen LogP contribution in [0.1, 0.15) is 81.9 Å². The van der Waals surface area contributed by atoms with E-state index < -0.39 is 0 Å². The van der Waals surface area contributed by atoms with Crippen molar-refractivity contribution < 1.29 is 9.47 Å². The summed E-state index contributed by atoms with van der Waals surface area (Å²) in [6.45, 7) is 9.62. The summed E-state index contributed by atoms with van der Waals surface area (Å²) in [5.41, 5.74) is 6.74. The fourth-order valence-electron chi connectivity index (χ4n) is 4.85. The molecule has 0 amide bonds. The normalized spacial score (nSPS) is 15.5. The summed E-state index contributed by atoms with van der Waals surface area (Å²) in [7, 11) is 0. The summed E-state index contributed by atoms with van der Waals surface area (Å²) in [5, 5.41) is 0. The number of unbranched alkanes of at least 4 members (excludes halogenated alkanes) is 1. The summed E-state index contributed by atoms with van der Waals surface area (Å²) in [5.74, 6) is 2.03. The van der Waals surface area contributed by atoms with Crippen LogP contribution in [-0.2, 0) is 4.74 Å². The molecule has 0 aromatic heterocycles. The van der Waals surface area contributed by atoms with E-state index in [9.17, 15) is 0 Å². The van der Waals surface area contributed by atoms with Crippen molar-refractivity contribution in [1.82, 2.24) is 0 Å². The zero-order valence-corrected chi connectivity index (χ0v) is 20.6. The van der Waals surface area contributed by atoms with Crippen LogP contribution in [0.3, 0.4) is 0 Å². The van der Waals surface area contributed by atoms with Crippen molar-refractivity contribution in [1.29, 1.82) is 0 Å². The zero-order chi connectivity index (χ0) is 23.2. The van der Waals surface area contributed by atoms with Crippen molar-refractivity contribution >= 4 is 0 Å². The lowest BCUT2D eigenvalue weighted by atomic mass is 9.97. The molecule has 0 spiro atoms. The molecule has 0 bridgehead atoms. The molecular weight excluding hydrogens is 404 g/mol. The average molecular weight is 443 g/mol. The van der Waals surface area contributed by atoms with Gasteiger partial charge in [0, 0.05) is 11.8 Å². The second-order valence-electron chi connectivity index (χ2n) is 9.54. The maximum atomic E-state index is 6.58. The Morgan fingerprint density at radius 2 is 1.39 bits per heavy atom. The number of hydrogen-bond donors (Lipinski definition) is 0. The highest BCUT2D eigenvalue weighted by Gasteiger charge is 2.30. The van der Waals surface area contributed by atoms with Crippen molar-refractivity contribution in [3.63, 3.8) is 0 Å². The summed E-state index contributed by atoms with van der Waals surface area (Å²) >= 11 is 0. The highest BCUT2D eigenvalue weighted by molar-refractivity contribution is 5.78. The minimum Gasteiger partial charge on any atom is -0.465 e. The van der Waals surface area contributed by atoms with E-state index >= 15 is 0 Å². The van der Waals surface area contributed by atoms with Crippen molar-refractivity contribution in [2.45, 2.75) is 71.5 Å².